The van der Waals surface area contributed by atoms with Crippen LogP contribution >= 0.6 is 34.5 Å². The van der Waals surface area contributed by atoms with Crippen molar-refractivity contribution in [2.75, 3.05) is 31.1 Å². The molecule has 0 unspecified atom stereocenters. The molecule has 3 fully saturated rings. The van der Waals surface area contributed by atoms with Crippen molar-refractivity contribution in [1.82, 2.24) is 9.88 Å². The molecule has 1 saturated carbocycles. The van der Waals surface area contributed by atoms with Gasteiger partial charge in [-0.1, -0.05) is 40.6 Å². The minimum atomic E-state index is -0.974. The first-order valence-corrected chi connectivity index (χ1v) is 16.3. The number of ether oxygens (including phenoxy) is 2. The summed E-state index contributed by atoms with van der Waals surface area (Å²) < 4.78 is 19.4. The van der Waals surface area contributed by atoms with Crippen LogP contribution in [-0.2, 0) is 11.3 Å². The molecule has 2 aromatic carbocycles. The highest BCUT2D eigenvalue weighted by Gasteiger charge is 2.38. The number of nitrogens with zero attached hydrogens (tertiary/aromatic N) is 3. The number of halogens is 2. The molecular weight excluding hydrogens is 609 g/mol. The Hall–Kier alpha value is -2.82. The molecule has 2 aliphatic heterocycles. The average molecular weight is 643 g/mol. The van der Waals surface area contributed by atoms with E-state index in [9.17, 15) is 9.90 Å². The van der Waals surface area contributed by atoms with Crippen molar-refractivity contribution >= 4 is 55.9 Å². The van der Waals surface area contributed by atoms with E-state index < -0.39 is 5.97 Å². The van der Waals surface area contributed by atoms with Crippen LogP contribution in [0.1, 0.15) is 60.7 Å². The van der Waals surface area contributed by atoms with Crippen molar-refractivity contribution < 1.29 is 23.8 Å². The summed E-state index contributed by atoms with van der Waals surface area (Å²) in [4.78, 5) is 21.5. The molecule has 11 heteroatoms. The molecular formula is C32H33Cl2N3O5S. The monoisotopic (exact) mass is 641 g/mol. The lowest BCUT2D eigenvalue weighted by Crippen LogP contribution is -2.50. The molecule has 8 nitrogen and oxygen atoms in total. The van der Waals surface area contributed by atoms with Crippen molar-refractivity contribution in [1.29, 1.82) is 0 Å². The number of rotatable bonds is 9. The van der Waals surface area contributed by atoms with Gasteiger partial charge in [-0.3, -0.25) is 4.90 Å². The minimum Gasteiger partial charge on any atom is -0.489 e. The van der Waals surface area contributed by atoms with Gasteiger partial charge in [0.25, 0.3) is 0 Å². The van der Waals surface area contributed by atoms with Gasteiger partial charge in [0.1, 0.15) is 17.0 Å². The third-order valence-corrected chi connectivity index (χ3v) is 10.2. The number of hydrogen-bond acceptors (Lipinski definition) is 8. The van der Waals surface area contributed by atoms with Gasteiger partial charge in [-0.2, -0.15) is 0 Å². The molecule has 0 amide bonds. The van der Waals surface area contributed by atoms with Crippen molar-refractivity contribution in [2.24, 2.45) is 0 Å². The van der Waals surface area contributed by atoms with Crippen molar-refractivity contribution in [3.8, 4) is 16.9 Å². The van der Waals surface area contributed by atoms with E-state index in [2.05, 4.69) is 9.80 Å². The van der Waals surface area contributed by atoms with E-state index in [1.807, 2.05) is 32.0 Å². The molecule has 1 aliphatic carbocycles. The molecule has 43 heavy (non-hydrogen) atoms. The number of aromatic nitrogens is 1. The Labute approximate surface area is 264 Å². The van der Waals surface area contributed by atoms with Crippen LogP contribution in [0.15, 0.2) is 41.0 Å². The molecule has 2 saturated heterocycles. The van der Waals surface area contributed by atoms with E-state index in [1.165, 1.54) is 11.3 Å². The maximum atomic E-state index is 11.7. The Kier molecular flexibility index (Phi) is 7.80. The first kappa shape index (κ1) is 28.9. The van der Waals surface area contributed by atoms with Gasteiger partial charge >= 0.3 is 5.97 Å². The topological polar surface area (TPSA) is 88.3 Å². The smallest absolute Gasteiger partial charge is 0.335 e. The number of aromatic carboxylic acids is 1. The molecule has 0 spiro atoms. The summed E-state index contributed by atoms with van der Waals surface area (Å²) in [6.07, 6.45) is 4.96. The van der Waals surface area contributed by atoms with E-state index in [4.69, 9.17) is 42.1 Å². The highest BCUT2D eigenvalue weighted by atomic mass is 35.5. The first-order chi connectivity index (χ1) is 20.7. The Balaban J connectivity index is 1.06. The second kappa shape index (κ2) is 11.6. The molecule has 3 aliphatic rings. The van der Waals surface area contributed by atoms with Crippen LogP contribution in [0.3, 0.4) is 0 Å². The Morgan fingerprint density at radius 1 is 1.19 bits per heavy atom. The summed E-state index contributed by atoms with van der Waals surface area (Å²) in [5, 5.41) is 11.7. The summed E-state index contributed by atoms with van der Waals surface area (Å²) in [5.41, 5.74) is 3.70. The van der Waals surface area contributed by atoms with Crippen molar-refractivity contribution in [3.63, 3.8) is 0 Å². The Morgan fingerprint density at radius 3 is 2.70 bits per heavy atom. The quantitative estimate of drug-likeness (QED) is 0.199. The highest BCUT2D eigenvalue weighted by molar-refractivity contribution is 7.22. The molecule has 0 bridgehead atoms. The van der Waals surface area contributed by atoms with Crippen LogP contribution in [-0.4, -0.2) is 65.4 Å². The summed E-state index contributed by atoms with van der Waals surface area (Å²) in [6, 6.07) is 9.17. The zero-order chi connectivity index (χ0) is 29.8. The fourth-order valence-corrected chi connectivity index (χ4v) is 7.94. The van der Waals surface area contributed by atoms with Gasteiger partial charge in [-0.15, -0.1) is 0 Å². The molecule has 0 radical (unpaired) electrons. The normalized spacial score (nSPS) is 20.7. The number of piperazine rings is 1. The predicted octanol–water partition coefficient (Wildman–Crippen LogP) is 7.71. The van der Waals surface area contributed by atoms with Gasteiger partial charge < -0.3 is 23.9 Å². The van der Waals surface area contributed by atoms with Gasteiger partial charge in [0.2, 0.25) is 0 Å². The lowest BCUT2D eigenvalue weighted by atomic mass is 10.0. The highest BCUT2D eigenvalue weighted by Crippen LogP contribution is 2.47. The van der Waals surface area contributed by atoms with Crippen LogP contribution in [0.2, 0.25) is 10.0 Å². The van der Waals surface area contributed by atoms with E-state index in [0.717, 1.165) is 83.2 Å². The minimum absolute atomic E-state index is 0.0866. The lowest BCUT2D eigenvalue weighted by Gasteiger charge is -2.37. The molecule has 226 valence electrons. The molecule has 2 aromatic heterocycles. The number of carboxylic acid groups (broad SMARTS) is 1. The van der Waals surface area contributed by atoms with E-state index in [0.29, 0.717) is 34.4 Å². The summed E-state index contributed by atoms with van der Waals surface area (Å²) in [7, 11) is 0. The number of carboxylic acids is 1. The first-order valence-electron chi connectivity index (χ1n) is 14.7. The number of benzene rings is 2. The summed E-state index contributed by atoms with van der Waals surface area (Å²) in [6.45, 7) is 7.79. The van der Waals surface area contributed by atoms with Gasteiger partial charge in [-0.25, -0.2) is 9.78 Å². The van der Waals surface area contributed by atoms with Crippen LogP contribution in [0.5, 0.6) is 5.75 Å². The van der Waals surface area contributed by atoms with Gasteiger partial charge in [0.05, 0.1) is 45.4 Å². The maximum Gasteiger partial charge on any atom is 0.335 e. The van der Waals surface area contributed by atoms with Crippen molar-refractivity contribution in [3.05, 3.63) is 63.5 Å². The molecule has 1 N–H and O–H groups in total. The van der Waals surface area contributed by atoms with E-state index >= 15 is 0 Å². The third kappa shape index (κ3) is 5.73. The molecule has 2 atom stereocenters. The Morgan fingerprint density at radius 2 is 1.98 bits per heavy atom. The zero-order valence-electron chi connectivity index (χ0n) is 24.0. The molecule has 7 rings (SSSR count). The molecule has 4 heterocycles. The fraction of sp³-hybridized carbons (Fsp3) is 0.438. The van der Waals surface area contributed by atoms with Gasteiger partial charge in [-0.05, 0) is 57.4 Å². The van der Waals surface area contributed by atoms with Crippen LogP contribution < -0.4 is 9.64 Å². The maximum absolute atomic E-state index is 11.7. The lowest BCUT2D eigenvalue weighted by molar-refractivity contribution is 0.0463. The van der Waals surface area contributed by atoms with Crippen LogP contribution in [0.4, 0.5) is 5.13 Å². The number of hydrogen-bond donors (Lipinski definition) is 1. The second-order valence-corrected chi connectivity index (χ2v) is 13.7. The zero-order valence-corrected chi connectivity index (χ0v) is 26.3. The van der Waals surface area contributed by atoms with Gasteiger partial charge in [0, 0.05) is 54.8 Å². The number of thiazole rings is 1. The average Bonchev–Trinajstić information content (AvgIpc) is 3.38. The Bertz CT molecular complexity index is 1660. The van der Waals surface area contributed by atoms with Crippen molar-refractivity contribution in [2.45, 2.75) is 63.9 Å². The third-order valence-electron chi connectivity index (χ3n) is 8.48. The molecule has 4 aromatic rings. The number of furan rings is 1. The predicted molar refractivity (Wildman–Crippen MR) is 169 cm³/mol. The van der Waals surface area contributed by atoms with Crippen LogP contribution in [0, 0.1) is 0 Å². The van der Waals surface area contributed by atoms with Crippen LogP contribution in [0.25, 0.3) is 21.3 Å². The number of fused-ring (bicyclic) bond motifs is 2. The SMILES string of the molecule is CC(C)Oc1cc(C(=O)O)cc2sc(N3CCN4C[C@H](OCc5c(-c6c(Cl)cccc6Cl)coc5C5CC5)C[C@H]4C3)nc12. The fourth-order valence-electron chi connectivity index (χ4n) is 6.28. The van der Waals surface area contributed by atoms with E-state index in [-0.39, 0.29) is 17.8 Å². The standard InChI is InChI=1S/C32H33Cl2N3O5S/c1-17(2)42-26-10-19(31(38)39)11-27-29(26)35-32(43-27)37-9-8-36-14-21(12-20(36)13-37)40-16-23-22(15-41-30(23)18-6-7-18)28-24(33)4-3-5-25(28)34/h3-5,10-11,15,17-18,20-21H,6-9,12-14,16H2,1-2H3,(H,38,39)/t20-,21+/m0/s1. The van der Waals surface area contributed by atoms with Gasteiger partial charge in [0.15, 0.2) is 5.13 Å². The number of carbonyl (C=O) groups is 1. The number of anilines is 1. The second-order valence-electron chi connectivity index (χ2n) is 11.9. The summed E-state index contributed by atoms with van der Waals surface area (Å²) in [5.74, 6) is 0.972. The largest absolute Gasteiger partial charge is 0.489 e. The van der Waals surface area contributed by atoms with E-state index in [1.54, 1.807) is 18.4 Å². The summed E-state index contributed by atoms with van der Waals surface area (Å²) >= 11 is 14.7.